The van der Waals surface area contributed by atoms with E-state index in [1.807, 2.05) is 11.3 Å². The van der Waals surface area contributed by atoms with Crippen LogP contribution in [0.4, 0.5) is 0 Å². The summed E-state index contributed by atoms with van der Waals surface area (Å²) >= 11 is 1.90. The third kappa shape index (κ3) is 3.56. The summed E-state index contributed by atoms with van der Waals surface area (Å²) in [6, 6.07) is 57.6. The zero-order valence-corrected chi connectivity index (χ0v) is 25.1. The quantitative estimate of drug-likeness (QED) is 0.194. The lowest BCUT2D eigenvalue weighted by Crippen LogP contribution is -1.96. The predicted molar refractivity (Wildman–Crippen MR) is 193 cm³/mol. The Bertz CT molecular complexity index is 2720. The highest BCUT2D eigenvalue weighted by atomic mass is 32.1. The molecular weight excluding hydrogens is 565 g/mol. The van der Waals surface area contributed by atoms with Crippen LogP contribution in [-0.2, 0) is 0 Å². The third-order valence-electron chi connectivity index (χ3n) is 9.30. The molecule has 0 aliphatic rings. The number of benzene rings is 7. The molecule has 0 spiro atoms. The average molecular weight is 591 g/mol. The highest BCUT2D eigenvalue weighted by molar-refractivity contribution is 7.26. The molecule has 0 aliphatic heterocycles. The van der Waals surface area contributed by atoms with Crippen molar-refractivity contribution in [2.75, 3.05) is 0 Å². The van der Waals surface area contributed by atoms with Crippen molar-refractivity contribution in [3.05, 3.63) is 158 Å². The first kappa shape index (κ1) is 24.8. The monoisotopic (exact) mass is 590 g/mol. The van der Waals surface area contributed by atoms with Gasteiger partial charge in [0.1, 0.15) is 0 Å². The van der Waals surface area contributed by atoms with Gasteiger partial charge >= 0.3 is 0 Å². The third-order valence-corrected chi connectivity index (χ3v) is 10.5. The fourth-order valence-electron chi connectivity index (χ4n) is 7.36. The molecule has 210 valence electrons. The Hall–Kier alpha value is -5.64. The van der Waals surface area contributed by atoms with Gasteiger partial charge in [-0.2, -0.15) is 0 Å². The molecule has 0 atom stereocenters. The van der Waals surface area contributed by atoms with Crippen LogP contribution in [0.1, 0.15) is 0 Å². The lowest BCUT2D eigenvalue weighted by Gasteiger charge is -2.12. The molecule has 10 rings (SSSR count). The number of hydrogen-bond acceptors (Lipinski definition) is 1. The zero-order chi connectivity index (χ0) is 29.5. The Labute approximate surface area is 263 Å². The maximum absolute atomic E-state index is 2.44. The summed E-state index contributed by atoms with van der Waals surface area (Å²) in [5.74, 6) is 0. The maximum Gasteiger partial charge on any atom is 0.0555 e. The van der Waals surface area contributed by atoms with Crippen molar-refractivity contribution in [1.82, 2.24) is 9.13 Å². The molecule has 3 heteroatoms. The summed E-state index contributed by atoms with van der Waals surface area (Å²) in [5, 5.41) is 7.86. The van der Waals surface area contributed by atoms with Crippen LogP contribution >= 0.6 is 11.3 Å². The minimum absolute atomic E-state index is 1.17. The fraction of sp³-hybridized carbons (Fsp3) is 0. The molecule has 3 aromatic heterocycles. The molecular formula is C42H26N2S. The van der Waals surface area contributed by atoms with E-state index in [9.17, 15) is 0 Å². The van der Waals surface area contributed by atoms with Crippen LogP contribution in [0, 0.1) is 0 Å². The number of thiophene rings is 1. The largest absolute Gasteiger partial charge is 0.309 e. The van der Waals surface area contributed by atoms with Crippen molar-refractivity contribution >= 4 is 75.1 Å². The summed E-state index contributed by atoms with van der Waals surface area (Å²) in [7, 11) is 0. The van der Waals surface area contributed by atoms with E-state index in [0.29, 0.717) is 0 Å². The lowest BCUT2D eigenvalue weighted by molar-refractivity contribution is 1.17. The Kier molecular flexibility index (Phi) is 5.19. The van der Waals surface area contributed by atoms with E-state index < -0.39 is 0 Å². The summed E-state index contributed by atoms with van der Waals surface area (Å²) in [6.07, 6.45) is 0. The molecule has 7 aromatic carbocycles. The first-order valence-corrected chi connectivity index (χ1v) is 16.2. The van der Waals surface area contributed by atoms with Gasteiger partial charge in [0, 0.05) is 53.1 Å². The summed E-state index contributed by atoms with van der Waals surface area (Å²) in [6.45, 7) is 0. The average Bonchev–Trinajstić information content (AvgIpc) is 3.76. The van der Waals surface area contributed by atoms with Crippen LogP contribution < -0.4 is 0 Å². The van der Waals surface area contributed by atoms with Gasteiger partial charge in [-0.05, 0) is 65.7 Å². The van der Waals surface area contributed by atoms with E-state index in [2.05, 4.69) is 167 Å². The smallest absolute Gasteiger partial charge is 0.0555 e. The van der Waals surface area contributed by atoms with E-state index in [1.54, 1.807) is 0 Å². The molecule has 45 heavy (non-hydrogen) atoms. The van der Waals surface area contributed by atoms with Gasteiger partial charge in [-0.25, -0.2) is 0 Å². The first-order chi connectivity index (χ1) is 22.3. The molecule has 10 aromatic rings. The molecule has 2 nitrogen and oxygen atoms in total. The molecule has 0 radical (unpaired) electrons. The van der Waals surface area contributed by atoms with E-state index in [-0.39, 0.29) is 0 Å². The minimum Gasteiger partial charge on any atom is -0.309 e. The van der Waals surface area contributed by atoms with Crippen molar-refractivity contribution in [1.29, 1.82) is 0 Å². The molecule has 3 heterocycles. The highest BCUT2D eigenvalue weighted by Gasteiger charge is 2.18. The number of para-hydroxylation sites is 3. The predicted octanol–water partition coefficient (Wildman–Crippen LogP) is 11.9. The standard InChI is InChI=1S/C42H26N2S/c1-5-19-36-31(15-1)32-16-2-6-20-37(32)43(36)29-13-9-11-27(25-29)28-12-10-14-30(26-28)44-38-21-7-3-18-35(38)41-39(44)24-23-34-33-17-4-8-22-40(33)45-42(34)41/h1-26H. The second-order valence-electron chi connectivity index (χ2n) is 11.8. The van der Waals surface area contributed by atoms with Crippen LogP contribution in [0.25, 0.3) is 86.3 Å². The molecule has 0 N–H and O–H groups in total. The van der Waals surface area contributed by atoms with Crippen molar-refractivity contribution < 1.29 is 0 Å². The minimum atomic E-state index is 1.17. The van der Waals surface area contributed by atoms with E-state index in [1.165, 1.54) is 86.3 Å². The number of fused-ring (bicyclic) bond motifs is 10. The SMILES string of the molecule is c1cc(-c2cccc(-n3c4ccccc4c4c5sc6ccccc6c5ccc43)c2)cc(-n2c3ccccc3c3ccccc32)c1. The molecule has 0 bridgehead atoms. The number of hydrogen-bond donors (Lipinski definition) is 0. The topological polar surface area (TPSA) is 9.86 Å². The van der Waals surface area contributed by atoms with Gasteiger partial charge in [0.15, 0.2) is 0 Å². The molecule has 0 aliphatic carbocycles. The Morgan fingerprint density at radius 1 is 0.356 bits per heavy atom. The van der Waals surface area contributed by atoms with Crippen LogP contribution in [0.2, 0.25) is 0 Å². The van der Waals surface area contributed by atoms with Crippen LogP contribution in [-0.4, -0.2) is 9.13 Å². The van der Waals surface area contributed by atoms with Crippen LogP contribution in [0.5, 0.6) is 0 Å². The van der Waals surface area contributed by atoms with Gasteiger partial charge in [0.25, 0.3) is 0 Å². The van der Waals surface area contributed by atoms with Crippen molar-refractivity contribution in [2.45, 2.75) is 0 Å². The van der Waals surface area contributed by atoms with E-state index in [0.717, 1.165) is 0 Å². The van der Waals surface area contributed by atoms with Crippen LogP contribution in [0.3, 0.4) is 0 Å². The van der Waals surface area contributed by atoms with Crippen molar-refractivity contribution in [2.24, 2.45) is 0 Å². The van der Waals surface area contributed by atoms with Crippen molar-refractivity contribution in [3.8, 4) is 22.5 Å². The van der Waals surface area contributed by atoms with Gasteiger partial charge < -0.3 is 9.13 Å². The first-order valence-electron chi connectivity index (χ1n) is 15.4. The Balaban J connectivity index is 1.18. The Morgan fingerprint density at radius 2 is 0.867 bits per heavy atom. The molecule has 0 saturated heterocycles. The second kappa shape index (κ2) is 9.43. The van der Waals surface area contributed by atoms with Gasteiger partial charge in [0.05, 0.1) is 22.1 Å². The van der Waals surface area contributed by atoms with Crippen LogP contribution in [0.15, 0.2) is 158 Å². The highest BCUT2D eigenvalue weighted by Crippen LogP contribution is 2.43. The number of nitrogens with zero attached hydrogens (tertiary/aromatic N) is 2. The Morgan fingerprint density at radius 3 is 1.51 bits per heavy atom. The second-order valence-corrected chi connectivity index (χ2v) is 12.8. The summed E-state index contributed by atoms with van der Waals surface area (Å²) in [4.78, 5) is 0. The van der Waals surface area contributed by atoms with Gasteiger partial charge in [-0.3, -0.25) is 0 Å². The van der Waals surface area contributed by atoms with Gasteiger partial charge in [-0.1, -0.05) is 103 Å². The molecule has 0 saturated carbocycles. The van der Waals surface area contributed by atoms with Gasteiger partial charge in [-0.15, -0.1) is 11.3 Å². The normalized spacial score (nSPS) is 12.0. The van der Waals surface area contributed by atoms with E-state index >= 15 is 0 Å². The number of aromatic nitrogens is 2. The van der Waals surface area contributed by atoms with E-state index in [4.69, 9.17) is 0 Å². The lowest BCUT2D eigenvalue weighted by atomic mass is 10.0. The summed E-state index contributed by atoms with van der Waals surface area (Å²) in [5.41, 5.74) is 9.65. The zero-order valence-electron chi connectivity index (χ0n) is 24.3. The maximum atomic E-state index is 2.44. The molecule has 0 unspecified atom stereocenters. The fourth-order valence-corrected chi connectivity index (χ4v) is 8.62. The molecule has 0 amide bonds. The summed E-state index contributed by atoms with van der Waals surface area (Å²) < 4.78 is 7.52. The van der Waals surface area contributed by atoms with Gasteiger partial charge in [0.2, 0.25) is 0 Å². The number of rotatable bonds is 3. The van der Waals surface area contributed by atoms with Crippen molar-refractivity contribution in [3.63, 3.8) is 0 Å². The molecule has 0 fully saturated rings.